The monoisotopic (exact) mass is 374 g/mol. The maximum Gasteiger partial charge on any atom is 0.334 e. The van der Waals surface area contributed by atoms with Crippen LogP contribution in [0.1, 0.15) is 13.3 Å². The highest BCUT2D eigenvalue weighted by Gasteiger charge is 2.70. The highest BCUT2D eigenvalue weighted by Crippen LogP contribution is 2.61. The Balaban J connectivity index is 1.55. The zero-order valence-corrected chi connectivity index (χ0v) is 14.0. The predicted octanol–water partition coefficient (Wildman–Crippen LogP) is -2.08. The minimum atomic E-state index is -1.57. The van der Waals surface area contributed by atoms with Crippen LogP contribution in [0.15, 0.2) is 11.8 Å². The van der Waals surface area contributed by atoms with Crippen LogP contribution in [0.25, 0.3) is 0 Å². The second-order valence-electron chi connectivity index (χ2n) is 7.37. The van der Waals surface area contributed by atoms with E-state index >= 15 is 0 Å². The number of carbonyl (C=O) groups is 1. The first kappa shape index (κ1) is 18.1. The van der Waals surface area contributed by atoms with Gasteiger partial charge in [0.1, 0.15) is 30.0 Å². The Hall–Kier alpha value is -1.27. The number of aliphatic carboxylic acids is 1. The van der Waals surface area contributed by atoms with E-state index < -0.39 is 61.1 Å². The van der Waals surface area contributed by atoms with Crippen LogP contribution in [0.4, 0.5) is 0 Å². The van der Waals surface area contributed by atoms with Gasteiger partial charge in [0, 0.05) is 5.92 Å². The summed E-state index contributed by atoms with van der Waals surface area (Å²) in [4.78, 5) is 11.4. The summed E-state index contributed by atoms with van der Waals surface area (Å²) < 4.78 is 22.2. The first-order valence-corrected chi connectivity index (χ1v) is 8.50. The molecule has 10 atom stereocenters. The van der Waals surface area contributed by atoms with E-state index in [1.165, 1.54) is 0 Å². The van der Waals surface area contributed by atoms with Gasteiger partial charge in [0.15, 0.2) is 6.29 Å². The van der Waals surface area contributed by atoms with Gasteiger partial charge in [-0.15, -0.1) is 0 Å². The molecular formula is C16H22O10. The molecule has 0 bridgehead atoms. The summed E-state index contributed by atoms with van der Waals surface area (Å²) in [7, 11) is 0. The Bertz CT molecular complexity index is 620. The molecular weight excluding hydrogens is 352 g/mol. The summed E-state index contributed by atoms with van der Waals surface area (Å²) >= 11 is 0. The number of epoxide rings is 1. The van der Waals surface area contributed by atoms with E-state index in [1.807, 2.05) is 6.92 Å². The molecule has 4 rings (SSSR count). The standard InChI is InChI=1S/C16H22O10/c1-16-8(26-16)2-5-6(13(21)22)4-23-14(9(5)16)25-15-12(20)11(19)10(18)7(3-17)24-15/h4-5,7-12,14-15,17-20H,2-3H2,1H3,(H,21,22). The number of fused-ring (bicyclic) bond motifs is 3. The lowest BCUT2D eigenvalue weighted by Gasteiger charge is -2.43. The molecule has 146 valence electrons. The molecule has 3 heterocycles. The summed E-state index contributed by atoms with van der Waals surface area (Å²) in [5, 5.41) is 48.5. The SMILES string of the molecule is CC12OC1CC1C(C(=O)O)=COC(OC3OC(CO)C(O)C(O)C3O)C12. The third-order valence-electron chi connectivity index (χ3n) is 5.93. The van der Waals surface area contributed by atoms with Gasteiger partial charge < -0.3 is 44.5 Å². The number of ether oxygens (including phenoxy) is 4. The van der Waals surface area contributed by atoms with Crippen molar-refractivity contribution >= 4 is 5.97 Å². The highest BCUT2D eigenvalue weighted by atomic mass is 16.8. The van der Waals surface area contributed by atoms with Crippen LogP contribution in [0.5, 0.6) is 0 Å². The number of carboxylic acid groups (broad SMARTS) is 1. The molecule has 4 aliphatic rings. The Morgan fingerprint density at radius 1 is 1.27 bits per heavy atom. The largest absolute Gasteiger partial charge is 0.478 e. The molecule has 10 unspecified atom stereocenters. The maximum absolute atomic E-state index is 11.4. The van der Waals surface area contributed by atoms with E-state index in [2.05, 4.69) is 0 Å². The minimum Gasteiger partial charge on any atom is -0.478 e. The van der Waals surface area contributed by atoms with Gasteiger partial charge in [0.05, 0.1) is 30.5 Å². The van der Waals surface area contributed by atoms with Crippen LogP contribution < -0.4 is 0 Å². The number of carboxylic acids is 1. The summed E-state index contributed by atoms with van der Waals surface area (Å²) in [6.45, 7) is 1.27. The summed E-state index contributed by atoms with van der Waals surface area (Å²) in [6.07, 6.45) is -6.50. The van der Waals surface area contributed by atoms with E-state index in [-0.39, 0.29) is 17.6 Å². The zero-order valence-electron chi connectivity index (χ0n) is 14.0. The summed E-state index contributed by atoms with van der Waals surface area (Å²) in [5.74, 6) is -1.84. The molecule has 0 radical (unpaired) electrons. The third kappa shape index (κ3) is 2.56. The van der Waals surface area contributed by atoms with Gasteiger partial charge in [-0.05, 0) is 13.3 Å². The topological polar surface area (TPSA) is 158 Å². The van der Waals surface area contributed by atoms with Crippen LogP contribution in [-0.4, -0.2) is 86.8 Å². The van der Waals surface area contributed by atoms with Gasteiger partial charge in [0.25, 0.3) is 0 Å². The van der Waals surface area contributed by atoms with Gasteiger partial charge in [-0.3, -0.25) is 0 Å². The van der Waals surface area contributed by atoms with Crippen LogP contribution in [0, 0.1) is 11.8 Å². The van der Waals surface area contributed by atoms with E-state index in [0.717, 1.165) is 6.26 Å². The molecule has 3 fully saturated rings. The van der Waals surface area contributed by atoms with E-state index in [1.54, 1.807) is 0 Å². The second kappa shape index (κ2) is 6.13. The molecule has 0 spiro atoms. The van der Waals surface area contributed by atoms with Gasteiger partial charge >= 0.3 is 5.97 Å². The molecule has 5 N–H and O–H groups in total. The molecule has 26 heavy (non-hydrogen) atoms. The van der Waals surface area contributed by atoms with Gasteiger partial charge in [-0.25, -0.2) is 4.79 Å². The molecule has 10 heteroatoms. The van der Waals surface area contributed by atoms with Crippen molar-refractivity contribution in [3.05, 3.63) is 11.8 Å². The molecule has 0 aromatic rings. The predicted molar refractivity (Wildman–Crippen MR) is 80.3 cm³/mol. The summed E-state index contributed by atoms with van der Waals surface area (Å²) in [6, 6.07) is 0. The average Bonchev–Trinajstić information content (AvgIpc) is 3.16. The van der Waals surface area contributed by atoms with Crippen molar-refractivity contribution in [3.8, 4) is 0 Å². The Labute approximate surface area is 148 Å². The van der Waals surface area contributed by atoms with Crippen LogP contribution >= 0.6 is 0 Å². The number of hydrogen-bond donors (Lipinski definition) is 5. The first-order valence-electron chi connectivity index (χ1n) is 8.50. The Kier molecular flexibility index (Phi) is 4.27. The van der Waals surface area contributed by atoms with E-state index in [0.29, 0.717) is 6.42 Å². The zero-order chi connectivity index (χ0) is 18.8. The van der Waals surface area contributed by atoms with Gasteiger partial charge in [-0.2, -0.15) is 0 Å². The lowest BCUT2D eigenvalue weighted by molar-refractivity contribution is -0.343. The maximum atomic E-state index is 11.4. The van der Waals surface area contributed by atoms with Crippen molar-refractivity contribution in [3.63, 3.8) is 0 Å². The Morgan fingerprint density at radius 2 is 2.00 bits per heavy atom. The van der Waals surface area contributed by atoms with Crippen LogP contribution in [-0.2, 0) is 23.7 Å². The molecule has 0 amide bonds. The normalized spacial score (nSPS) is 52.5. The molecule has 0 aromatic carbocycles. The quantitative estimate of drug-likeness (QED) is 0.346. The fraction of sp³-hybridized carbons (Fsp3) is 0.812. The fourth-order valence-electron chi connectivity index (χ4n) is 4.35. The second-order valence-corrected chi connectivity index (χ2v) is 7.37. The molecule has 0 aromatic heterocycles. The van der Waals surface area contributed by atoms with Crippen molar-refractivity contribution in [1.29, 1.82) is 0 Å². The van der Waals surface area contributed by atoms with Crippen molar-refractivity contribution < 1.29 is 49.3 Å². The third-order valence-corrected chi connectivity index (χ3v) is 5.93. The highest BCUT2D eigenvalue weighted by molar-refractivity contribution is 5.87. The summed E-state index contributed by atoms with van der Waals surface area (Å²) in [5.41, 5.74) is -0.459. The number of aliphatic hydroxyl groups is 4. The molecule has 2 saturated heterocycles. The van der Waals surface area contributed by atoms with Gasteiger partial charge in [0.2, 0.25) is 6.29 Å². The minimum absolute atomic E-state index is 0.0946. The van der Waals surface area contributed by atoms with Crippen LogP contribution in [0.2, 0.25) is 0 Å². The molecule has 1 saturated carbocycles. The average molecular weight is 374 g/mol. The van der Waals surface area contributed by atoms with E-state index in [9.17, 15) is 30.3 Å². The number of rotatable bonds is 4. The van der Waals surface area contributed by atoms with Crippen molar-refractivity contribution in [2.24, 2.45) is 11.8 Å². The smallest absolute Gasteiger partial charge is 0.334 e. The van der Waals surface area contributed by atoms with Crippen molar-refractivity contribution in [1.82, 2.24) is 0 Å². The number of hydrogen-bond acceptors (Lipinski definition) is 9. The van der Waals surface area contributed by atoms with Crippen molar-refractivity contribution in [2.75, 3.05) is 6.61 Å². The van der Waals surface area contributed by atoms with Gasteiger partial charge in [-0.1, -0.05) is 0 Å². The van der Waals surface area contributed by atoms with E-state index in [4.69, 9.17) is 18.9 Å². The van der Waals surface area contributed by atoms with Crippen LogP contribution in [0.3, 0.4) is 0 Å². The molecule has 10 nitrogen and oxygen atoms in total. The first-order chi connectivity index (χ1) is 12.3. The lowest BCUT2D eigenvalue weighted by atomic mass is 9.82. The number of aliphatic hydroxyl groups excluding tert-OH is 4. The lowest BCUT2D eigenvalue weighted by Crippen LogP contribution is -2.60. The fourth-order valence-corrected chi connectivity index (χ4v) is 4.35. The molecule has 3 aliphatic heterocycles. The van der Waals surface area contributed by atoms with Crippen molar-refractivity contribution in [2.45, 2.75) is 62.0 Å². The molecule has 1 aliphatic carbocycles. The Morgan fingerprint density at radius 3 is 2.65 bits per heavy atom.